The van der Waals surface area contributed by atoms with Crippen molar-refractivity contribution in [3.05, 3.63) is 29.3 Å². The summed E-state index contributed by atoms with van der Waals surface area (Å²) >= 11 is 0. The molecule has 0 saturated heterocycles. The van der Waals surface area contributed by atoms with Crippen LogP contribution in [0.3, 0.4) is 0 Å². The molecule has 0 radical (unpaired) electrons. The second-order valence-electron chi connectivity index (χ2n) is 4.98. The Hall–Kier alpha value is -1.82. The van der Waals surface area contributed by atoms with Crippen LogP contribution in [-0.4, -0.2) is 12.9 Å². The Balaban J connectivity index is 2.98. The SMILES string of the molecule is CCC(C)CC(=O)C(C#N)c1ccc(C)c(OC)c1. The van der Waals surface area contributed by atoms with E-state index in [1.807, 2.05) is 32.9 Å². The number of hydrogen-bond donors (Lipinski definition) is 0. The third kappa shape index (κ3) is 3.82. The number of rotatable bonds is 6. The smallest absolute Gasteiger partial charge is 0.154 e. The topological polar surface area (TPSA) is 50.1 Å². The number of hydrogen-bond acceptors (Lipinski definition) is 3. The highest BCUT2D eigenvalue weighted by atomic mass is 16.5. The molecule has 0 bridgehead atoms. The van der Waals surface area contributed by atoms with Crippen LogP contribution in [-0.2, 0) is 4.79 Å². The number of ether oxygens (including phenoxy) is 1. The van der Waals surface area contributed by atoms with Crippen LogP contribution in [0.4, 0.5) is 0 Å². The van der Waals surface area contributed by atoms with Crippen LogP contribution in [0.5, 0.6) is 5.75 Å². The number of Topliss-reactive ketones (excluding diaryl/α,β-unsaturated/α-hetero) is 1. The van der Waals surface area contributed by atoms with Gasteiger partial charge in [-0.2, -0.15) is 5.26 Å². The number of nitrogens with zero attached hydrogens (tertiary/aromatic N) is 1. The predicted molar refractivity (Wildman–Crippen MR) is 75.2 cm³/mol. The number of methoxy groups -OCH3 is 1. The summed E-state index contributed by atoms with van der Waals surface area (Å²) in [6, 6.07) is 7.62. The van der Waals surface area contributed by atoms with E-state index in [1.54, 1.807) is 13.2 Å². The van der Waals surface area contributed by atoms with Crippen molar-refractivity contribution in [2.45, 2.75) is 39.5 Å². The zero-order chi connectivity index (χ0) is 14.4. The molecule has 0 spiro atoms. The quantitative estimate of drug-likeness (QED) is 0.784. The summed E-state index contributed by atoms with van der Waals surface area (Å²) in [7, 11) is 1.59. The van der Waals surface area contributed by atoms with Crippen LogP contribution in [0, 0.1) is 24.2 Å². The van der Waals surface area contributed by atoms with Crippen LogP contribution >= 0.6 is 0 Å². The Morgan fingerprint density at radius 3 is 2.68 bits per heavy atom. The van der Waals surface area contributed by atoms with Crippen LogP contribution in [0.1, 0.15) is 43.7 Å². The highest BCUT2D eigenvalue weighted by Crippen LogP contribution is 2.26. The Bertz CT molecular complexity index is 488. The Kier molecular flexibility index (Phi) is 5.57. The Labute approximate surface area is 115 Å². The fourth-order valence-corrected chi connectivity index (χ4v) is 1.95. The maximum absolute atomic E-state index is 12.2. The summed E-state index contributed by atoms with van der Waals surface area (Å²) < 4.78 is 5.24. The first-order valence-electron chi connectivity index (χ1n) is 6.60. The van der Waals surface area contributed by atoms with Crippen molar-refractivity contribution in [3.63, 3.8) is 0 Å². The van der Waals surface area contributed by atoms with Gasteiger partial charge in [-0.3, -0.25) is 4.79 Å². The van der Waals surface area contributed by atoms with E-state index in [-0.39, 0.29) is 5.78 Å². The van der Waals surface area contributed by atoms with E-state index in [0.29, 0.717) is 18.1 Å². The van der Waals surface area contributed by atoms with Gasteiger partial charge in [-0.15, -0.1) is 0 Å². The van der Waals surface area contributed by atoms with Gasteiger partial charge in [0.05, 0.1) is 13.2 Å². The molecule has 2 unspecified atom stereocenters. The van der Waals surface area contributed by atoms with Crippen molar-refractivity contribution in [2.24, 2.45) is 5.92 Å². The number of carbonyl (C=O) groups is 1. The standard InChI is InChI=1S/C16H21NO2/c1-5-11(2)8-15(18)14(10-17)13-7-6-12(3)16(9-13)19-4/h6-7,9,11,14H,5,8H2,1-4H3. The average Bonchev–Trinajstić information content (AvgIpc) is 2.41. The van der Waals surface area contributed by atoms with Crippen LogP contribution < -0.4 is 4.74 Å². The van der Waals surface area contributed by atoms with E-state index in [9.17, 15) is 10.1 Å². The molecule has 19 heavy (non-hydrogen) atoms. The highest BCUT2D eigenvalue weighted by molar-refractivity contribution is 5.88. The van der Waals surface area contributed by atoms with E-state index >= 15 is 0 Å². The summed E-state index contributed by atoms with van der Waals surface area (Å²) in [5, 5.41) is 9.26. The van der Waals surface area contributed by atoms with E-state index in [0.717, 1.165) is 17.5 Å². The highest BCUT2D eigenvalue weighted by Gasteiger charge is 2.22. The predicted octanol–water partition coefficient (Wildman–Crippen LogP) is 3.62. The molecule has 0 aromatic heterocycles. The molecule has 0 saturated carbocycles. The van der Waals surface area contributed by atoms with Gasteiger partial charge in [0.2, 0.25) is 0 Å². The number of carbonyl (C=O) groups excluding carboxylic acids is 1. The number of nitriles is 1. The minimum Gasteiger partial charge on any atom is -0.496 e. The van der Waals surface area contributed by atoms with Gasteiger partial charge in [0.1, 0.15) is 11.7 Å². The van der Waals surface area contributed by atoms with Gasteiger partial charge in [-0.25, -0.2) is 0 Å². The van der Waals surface area contributed by atoms with Gasteiger partial charge in [0.25, 0.3) is 0 Å². The van der Waals surface area contributed by atoms with Gasteiger partial charge in [-0.1, -0.05) is 32.4 Å². The van der Waals surface area contributed by atoms with Crippen LogP contribution in [0.25, 0.3) is 0 Å². The van der Waals surface area contributed by atoms with Gasteiger partial charge in [-0.05, 0) is 30.0 Å². The zero-order valence-electron chi connectivity index (χ0n) is 12.1. The van der Waals surface area contributed by atoms with Crippen molar-refractivity contribution in [2.75, 3.05) is 7.11 Å². The maximum atomic E-state index is 12.2. The molecule has 0 heterocycles. The first kappa shape index (κ1) is 15.2. The number of ketones is 1. The molecule has 0 aliphatic heterocycles. The lowest BCUT2D eigenvalue weighted by Crippen LogP contribution is -2.14. The number of aryl methyl sites for hydroxylation is 1. The molecule has 3 heteroatoms. The molecule has 1 aromatic rings. The molecule has 2 atom stereocenters. The molecule has 0 fully saturated rings. The van der Waals surface area contributed by atoms with Crippen molar-refractivity contribution in [1.82, 2.24) is 0 Å². The second kappa shape index (κ2) is 6.94. The third-order valence-electron chi connectivity index (χ3n) is 3.46. The van der Waals surface area contributed by atoms with Gasteiger partial charge in [0.15, 0.2) is 5.78 Å². The molecule has 0 aliphatic carbocycles. The van der Waals surface area contributed by atoms with Crippen molar-refractivity contribution in [1.29, 1.82) is 5.26 Å². The second-order valence-corrected chi connectivity index (χ2v) is 4.98. The molecule has 1 aromatic carbocycles. The molecule has 1 rings (SSSR count). The maximum Gasteiger partial charge on any atom is 0.154 e. The first-order valence-corrected chi connectivity index (χ1v) is 6.60. The third-order valence-corrected chi connectivity index (χ3v) is 3.46. The summed E-state index contributed by atoms with van der Waals surface area (Å²) in [6.07, 6.45) is 1.39. The monoisotopic (exact) mass is 259 g/mol. The van der Waals surface area contributed by atoms with Crippen molar-refractivity contribution < 1.29 is 9.53 Å². The summed E-state index contributed by atoms with van der Waals surface area (Å²) in [5.74, 6) is 0.330. The van der Waals surface area contributed by atoms with Gasteiger partial charge >= 0.3 is 0 Å². The normalized spacial score (nSPS) is 13.4. The van der Waals surface area contributed by atoms with E-state index in [2.05, 4.69) is 6.07 Å². The lowest BCUT2D eigenvalue weighted by Gasteiger charge is -2.13. The lowest BCUT2D eigenvalue weighted by molar-refractivity contribution is -0.120. The summed E-state index contributed by atoms with van der Waals surface area (Å²) in [4.78, 5) is 12.2. The molecule has 0 aliphatic rings. The van der Waals surface area contributed by atoms with Crippen molar-refractivity contribution >= 4 is 5.78 Å². The first-order chi connectivity index (χ1) is 9.03. The fourth-order valence-electron chi connectivity index (χ4n) is 1.95. The zero-order valence-corrected chi connectivity index (χ0v) is 12.1. The number of benzene rings is 1. The van der Waals surface area contributed by atoms with E-state index in [1.165, 1.54) is 0 Å². The Morgan fingerprint density at radius 1 is 1.47 bits per heavy atom. The summed E-state index contributed by atoms with van der Waals surface area (Å²) in [6.45, 7) is 6.02. The van der Waals surface area contributed by atoms with Crippen LogP contribution in [0.15, 0.2) is 18.2 Å². The lowest BCUT2D eigenvalue weighted by atomic mass is 9.89. The fraction of sp³-hybridized carbons (Fsp3) is 0.500. The van der Waals surface area contributed by atoms with Crippen LogP contribution in [0.2, 0.25) is 0 Å². The molecule has 0 amide bonds. The van der Waals surface area contributed by atoms with Crippen molar-refractivity contribution in [3.8, 4) is 11.8 Å². The average molecular weight is 259 g/mol. The largest absolute Gasteiger partial charge is 0.496 e. The van der Waals surface area contributed by atoms with Gasteiger partial charge in [0, 0.05) is 6.42 Å². The minimum atomic E-state index is -0.691. The molecule has 0 N–H and O–H groups in total. The summed E-state index contributed by atoms with van der Waals surface area (Å²) in [5.41, 5.74) is 1.72. The Morgan fingerprint density at radius 2 is 2.16 bits per heavy atom. The van der Waals surface area contributed by atoms with E-state index in [4.69, 9.17) is 4.74 Å². The van der Waals surface area contributed by atoms with E-state index < -0.39 is 5.92 Å². The molecule has 3 nitrogen and oxygen atoms in total. The minimum absolute atomic E-state index is 0.0113. The molecular weight excluding hydrogens is 238 g/mol. The molecular formula is C16H21NO2. The molecule has 102 valence electrons. The van der Waals surface area contributed by atoms with Gasteiger partial charge < -0.3 is 4.74 Å².